The molecule has 1 aromatic carbocycles. The molecular weight excluding hydrogens is 264 g/mol. The van der Waals surface area contributed by atoms with Gasteiger partial charge in [0.2, 0.25) is 0 Å². The highest BCUT2D eigenvalue weighted by atomic mass is 16.2. The highest BCUT2D eigenvalue weighted by Crippen LogP contribution is 2.12. The van der Waals surface area contributed by atoms with Crippen LogP contribution >= 0.6 is 0 Å². The van der Waals surface area contributed by atoms with Crippen LogP contribution in [-0.2, 0) is 0 Å². The van der Waals surface area contributed by atoms with Crippen LogP contribution in [-0.4, -0.2) is 48.7 Å². The molecule has 114 valence electrons. The van der Waals surface area contributed by atoms with Gasteiger partial charge in [0.1, 0.15) is 6.61 Å². The number of aryl methyl sites for hydroxylation is 1. The van der Waals surface area contributed by atoms with E-state index >= 15 is 0 Å². The molecule has 0 aromatic heterocycles. The molecular formula is C17H24N2O2. The Balaban J connectivity index is 2.87. The van der Waals surface area contributed by atoms with Crippen molar-refractivity contribution in [2.24, 2.45) is 0 Å². The van der Waals surface area contributed by atoms with Crippen molar-refractivity contribution in [1.29, 1.82) is 0 Å². The van der Waals surface area contributed by atoms with E-state index in [2.05, 4.69) is 35.9 Å². The summed E-state index contributed by atoms with van der Waals surface area (Å²) >= 11 is 0. The zero-order chi connectivity index (χ0) is 16.0. The quantitative estimate of drug-likeness (QED) is 0.824. The van der Waals surface area contributed by atoms with Gasteiger partial charge in [0.05, 0.1) is 0 Å². The maximum Gasteiger partial charge on any atom is 0.251 e. The minimum Gasteiger partial charge on any atom is -0.384 e. The van der Waals surface area contributed by atoms with Crippen molar-refractivity contribution in [2.75, 3.05) is 27.2 Å². The van der Waals surface area contributed by atoms with Gasteiger partial charge in [0, 0.05) is 23.2 Å². The predicted octanol–water partition coefficient (Wildman–Crippen LogP) is 1.41. The van der Waals surface area contributed by atoms with Gasteiger partial charge in [-0.2, -0.15) is 0 Å². The van der Waals surface area contributed by atoms with Gasteiger partial charge in [-0.25, -0.2) is 0 Å². The van der Waals surface area contributed by atoms with Gasteiger partial charge in [-0.3, -0.25) is 4.79 Å². The first-order chi connectivity index (χ1) is 9.77. The summed E-state index contributed by atoms with van der Waals surface area (Å²) in [5, 5.41) is 11.7. The molecule has 21 heavy (non-hydrogen) atoms. The van der Waals surface area contributed by atoms with Crippen LogP contribution in [0.15, 0.2) is 18.2 Å². The number of hydrogen-bond donors (Lipinski definition) is 2. The molecule has 0 radical (unpaired) electrons. The fourth-order valence-electron chi connectivity index (χ4n) is 1.64. The number of aliphatic hydroxyl groups is 1. The Labute approximate surface area is 127 Å². The number of carbonyl (C=O) groups excluding carboxylic acids is 1. The molecule has 0 aliphatic rings. The molecule has 4 heteroatoms. The number of carbonyl (C=O) groups is 1. The summed E-state index contributed by atoms with van der Waals surface area (Å²) < 4.78 is 0. The maximum absolute atomic E-state index is 12.3. The Kier molecular flexibility index (Phi) is 5.95. The van der Waals surface area contributed by atoms with Gasteiger partial charge in [0.25, 0.3) is 5.91 Å². The van der Waals surface area contributed by atoms with Gasteiger partial charge in [0.15, 0.2) is 0 Å². The van der Waals surface area contributed by atoms with Crippen LogP contribution in [0.3, 0.4) is 0 Å². The lowest BCUT2D eigenvalue weighted by Crippen LogP contribution is -2.48. The summed E-state index contributed by atoms with van der Waals surface area (Å²) in [5.74, 6) is 5.31. The molecule has 1 amide bonds. The standard InChI is InChI=1S/C17H24N2O2/c1-13-8-9-14(7-6-10-20)11-15(13)16(21)18-12-17(2,3)19(4)5/h8-9,11,20H,10,12H2,1-5H3,(H,18,21). The summed E-state index contributed by atoms with van der Waals surface area (Å²) in [4.78, 5) is 14.4. The summed E-state index contributed by atoms with van der Waals surface area (Å²) in [6.07, 6.45) is 0. The van der Waals surface area contributed by atoms with Crippen LogP contribution < -0.4 is 5.32 Å². The molecule has 0 heterocycles. The van der Waals surface area contributed by atoms with Gasteiger partial charge in [-0.05, 0) is 52.6 Å². The Morgan fingerprint density at radius 2 is 2.05 bits per heavy atom. The number of nitrogens with zero attached hydrogens (tertiary/aromatic N) is 1. The van der Waals surface area contributed by atoms with Gasteiger partial charge >= 0.3 is 0 Å². The molecule has 0 spiro atoms. The summed E-state index contributed by atoms with van der Waals surface area (Å²) in [5.41, 5.74) is 2.14. The van der Waals surface area contributed by atoms with Crippen LogP contribution in [0.1, 0.15) is 35.3 Å². The predicted molar refractivity (Wildman–Crippen MR) is 85.2 cm³/mol. The number of amides is 1. The van der Waals surface area contributed by atoms with Gasteiger partial charge in [-0.1, -0.05) is 17.9 Å². The van der Waals surface area contributed by atoms with Crippen molar-refractivity contribution in [3.05, 3.63) is 34.9 Å². The molecule has 1 rings (SSSR count). The molecule has 0 saturated heterocycles. The molecule has 0 fully saturated rings. The van der Waals surface area contributed by atoms with Crippen molar-refractivity contribution >= 4 is 5.91 Å². The average molecular weight is 288 g/mol. The number of likely N-dealkylation sites (N-methyl/N-ethyl adjacent to an activating group) is 1. The molecule has 2 N–H and O–H groups in total. The van der Waals surface area contributed by atoms with Crippen molar-refractivity contribution in [3.8, 4) is 11.8 Å². The normalized spacial score (nSPS) is 11.0. The zero-order valence-electron chi connectivity index (χ0n) is 13.4. The van der Waals surface area contributed by atoms with Crippen LogP contribution in [0, 0.1) is 18.8 Å². The van der Waals surface area contributed by atoms with Crippen LogP contribution in [0.2, 0.25) is 0 Å². The second-order valence-corrected chi connectivity index (χ2v) is 5.88. The fraction of sp³-hybridized carbons (Fsp3) is 0.471. The molecule has 4 nitrogen and oxygen atoms in total. The summed E-state index contributed by atoms with van der Waals surface area (Å²) in [6.45, 7) is 6.42. The van der Waals surface area contributed by atoms with E-state index in [1.165, 1.54) is 0 Å². The van der Waals surface area contributed by atoms with Gasteiger partial charge < -0.3 is 15.3 Å². The third-order valence-electron chi connectivity index (χ3n) is 3.69. The highest BCUT2D eigenvalue weighted by molar-refractivity contribution is 5.96. The molecule has 0 saturated carbocycles. The van der Waals surface area contributed by atoms with Crippen molar-refractivity contribution in [2.45, 2.75) is 26.3 Å². The van der Waals surface area contributed by atoms with Crippen molar-refractivity contribution in [1.82, 2.24) is 10.2 Å². The minimum absolute atomic E-state index is 0.102. The molecule has 1 aromatic rings. The van der Waals surface area contributed by atoms with E-state index in [0.29, 0.717) is 12.1 Å². The summed E-state index contributed by atoms with van der Waals surface area (Å²) in [6, 6.07) is 5.47. The SMILES string of the molecule is Cc1ccc(C#CCO)cc1C(=O)NCC(C)(C)N(C)C. The van der Waals surface area contributed by atoms with E-state index in [9.17, 15) is 4.79 Å². The third-order valence-corrected chi connectivity index (χ3v) is 3.69. The number of hydrogen-bond acceptors (Lipinski definition) is 3. The number of benzene rings is 1. The zero-order valence-corrected chi connectivity index (χ0v) is 13.4. The smallest absolute Gasteiger partial charge is 0.251 e. The van der Waals surface area contributed by atoms with Crippen molar-refractivity contribution < 1.29 is 9.90 Å². The first-order valence-electron chi connectivity index (χ1n) is 6.94. The molecule has 0 atom stereocenters. The number of rotatable bonds is 4. The second kappa shape index (κ2) is 7.26. The maximum atomic E-state index is 12.3. The second-order valence-electron chi connectivity index (χ2n) is 5.88. The lowest BCUT2D eigenvalue weighted by molar-refractivity contribution is 0.0919. The van der Waals surface area contributed by atoms with Crippen molar-refractivity contribution in [3.63, 3.8) is 0 Å². The summed E-state index contributed by atoms with van der Waals surface area (Å²) in [7, 11) is 3.98. The first kappa shape index (κ1) is 17.2. The van der Waals surface area contributed by atoms with Crippen LogP contribution in [0.4, 0.5) is 0 Å². The minimum atomic E-state index is -0.188. The molecule has 0 bridgehead atoms. The monoisotopic (exact) mass is 288 g/mol. The Hall–Kier alpha value is -1.83. The largest absolute Gasteiger partial charge is 0.384 e. The molecule has 0 aliphatic carbocycles. The Bertz CT molecular complexity index is 566. The van der Waals surface area contributed by atoms with Crippen LogP contribution in [0.5, 0.6) is 0 Å². The lowest BCUT2D eigenvalue weighted by atomic mass is 10.0. The van der Waals surface area contributed by atoms with Crippen LogP contribution in [0.25, 0.3) is 0 Å². The first-order valence-corrected chi connectivity index (χ1v) is 6.94. The van der Waals surface area contributed by atoms with E-state index in [1.807, 2.05) is 33.2 Å². The Morgan fingerprint density at radius 1 is 1.38 bits per heavy atom. The lowest BCUT2D eigenvalue weighted by Gasteiger charge is -2.32. The highest BCUT2D eigenvalue weighted by Gasteiger charge is 2.21. The van der Waals surface area contributed by atoms with Gasteiger partial charge in [-0.15, -0.1) is 0 Å². The van der Waals surface area contributed by atoms with E-state index in [-0.39, 0.29) is 18.1 Å². The molecule has 0 unspecified atom stereocenters. The third kappa shape index (κ3) is 4.89. The van der Waals surface area contributed by atoms with E-state index in [4.69, 9.17) is 5.11 Å². The number of aliphatic hydroxyl groups excluding tert-OH is 1. The fourth-order valence-corrected chi connectivity index (χ4v) is 1.64. The topological polar surface area (TPSA) is 52.6 Å². The number of nitrogens with one attached hydrogen (secondary N) is 1. The average Bonchev–Trinajstić information content (AvgIpc) is 2.43. The van der Waals surface area contributed by atoms with E-state index in [1.54, 1.807) is 6.07 Å². The van der Waals surface area contributed by atoms with E-state index in [0.717, 1.165) is 11.1 Å². The molecule has 0 aliphatic heterocycles. The van der Waals surface area contributed by atoms with E-state index < -0.39 is 0 Å². The Morgan fingerprint density at radius 3 is 2.62 bits per heavy atom.